The van der Waals surface area contributed by atoms with E-state index in [9.17, 15) is 0 Å². The van der Waals surface area contributed by atoms with Crippen molar-refractivity contribution in [1.82, 2.24) is 15.5 Å². The summed E-state index contributed by atoms with van der Waals surface area (Å²) < 4.78 is 0. The van der Waals surface area contributed by atoms with E-state index < -0.39 is 0 Å². The molecule has 1 saturated heterocycles. The van der Waals surface area contributed by atoms with Crippen LogP contribution in [0, 0.1) is 5.92 Å². The topological polar surface area (TPSA) is 27.3 Å². The highest BCUT2D eigenvalue weighted by Crippen LogP contribution is 2.35. The SMILES string of the molecule is CC.CC1=CC(C2CCC2)=CNC1N1CCNCC1. The Labute approximate surface area is 118 Å². The van der Waals surface area contributed by atoms with Crippen LogP contribution >= 0.6 is 0 Å². The maximum Gasteiger partial charge on any atom is 0.101 e. The number of piperazine rings is 1. The summed E-state index contributed by atoms with van der Waals surface area (Å²) in [4.78, 5) is 2.54. The van der Waals surface area contributed by atoms with Crippen LogP contribution in [0.4, 0.5) is 0 Å². The number of nitrogens with zero attached hydrogens (tertiary/aromatic N) is 1. The zero-order valence-electron chi connectivity index (χ0n) is 12.7. The number of hydrogen-bond acceptors (Lipinski definition) is 3. The van der Waals surface area contributed by atoms with Crippen molar-refractivity contribution >= 4 is 0 Å². The van der Waals surface area contributed by atoms with Crippen LogP contribution in [0.15, 0.2) is 23.4 Å². The van der Waals surface area contributed by atoms with Gasteiger partial charge in [-0.25, -0.2) is 0 Å². The molecule has 0 spiro atoms. The van der Waals surface area contributed by atoms with Gasteiger partial charge < -0.3 is 10.6 Å². The quantitative estimate of drug-likeness (QED) is 0.801. The highest BCUT2D eigenvalue weighted by Gasteiger charge is 2.27. The molecule has 0 bridgehead atoms. The van der Waals surface area contributed by atoms with Crippen LogP contribution in [0.3, 0.4) is 0 Å². The third-order valence-electron chi connectivity index (χ3n) is 4.33. The van der Waals surface area contributed by atoms with Gasteiger partial charge in [-0.15, -0.1) is 0 Å². The second-order valence-electron chi connectivity index (χ2n) is 5.52. The molecule has 1 unspecified atom stereocenters. The molecule has 3 heteroatoms. The second-order valence-corrected chi connectivity index (χ2v) is 5.52. The van der Waals surface area contributed by atoms with Gasteiger partial charge in [0.25, 0.3) is 0 Å². The Morgan fingerprint density at radius 1 is 1.16 bits per heavy atom. The van der Waals surface area contributed by atoms with Crippen LogP contribution in [0.1, 0.15) is 40.0 Å². The Kier molecular flexibility index (Phi) is 5.46. The second kappa shape index (κ2) is 7.11. The molecule has 0 radical (unpaired) electrons. The van der Waals surface area contributed by atoms with Crippen molar-refractivity contribution in [3.63, 3.8) is 0 Å². The molecule has 3 nitrogen and oxygen atoms in total. The molecule has 3 rings (SSSR count). The van der Waals surface area contributed by atoms with E-state index in [1.165, 1.54) is 30.4 Å². The molecule has 2 heterocycles. The van der Waals surface area contributed by atoms with Crippen LogP contribution in [0.25, 0.3) is 0 Å². The maximum absolute atomic E-state index is 3.61. The first-order valence-electron chi connectivity index (χ1n) is 7.93. The normalized spacial score (nSPS) is 28.3. The third-order valence-corrected chi connectivity index (χ3v) is 4.33. The Balaban J connectivity index is 0.000000637. The van der Waals surface area contributed by atoms with E-state index in [0.717, 1.165) is 32.1 Å². The van der Waals surface area contributed by atoms with E-state index in [2.05, 4.69) is 34.7 Å². The highest BCUT2D eigenvalue weighted by molar-refractivity contribution is 5.32. The number of allylic oxidation sites excluding steroid dienone is 2. The molecule has 0 aromatic heterocycles. The van der Waals surface area contributed by atoms with Crippen molar-refractivity contribution in [1.29, 1.82) is 0 Å². The molecular weight excluding hydrogens is 234 g/mol. The van der Waals surface area contributed by atoms with Crippen LogP contribution in [-0.2, 0) is 0 Å². The largest absolute Gasteiger partial charge is 0.372 e. The standard InChI is InChI=1S/C14H23N3.C2H6/c1-11-9-13(12-3-2-4-12)10-16-14(11)17-7-5-15-6-8-17;1-2/h9-10,12,14-16H,2-8H2,1H3;1-2H3. The average Bonchev–Trinajstić information content (AvgIpc) is 2.40. The Hall–Kier alpha value is -0.800. The van der Waals surface area contributed by atoms with E-state index in [-0.39, 0.29) is 0 Å². The van der Waals surface area contributed by atoms with Gasteiger partial charge in [0.05, 0.1) is 0 Å². The Morgan fingerprint density at radius 2 is 1.84 bits per heavy atom. The van der Waals surface area contributed by atoms with Crippen LogP contribution < -0.4 is 10.6 Å². The summed E-state index contributed by atoms with van der Waals surface area (Å²) in [7, 11) is 0. The minimum absolute atomic E-state index is 0.431. The van der Waals surface area contributed by atoms with Gasteiger partial charge in [-0.1, -0.05) is 26.3 Å². The number of nitrogens with one attached hydrogen (secondary N) is 2. The molecule has 1 saturated carbocycles. The molecule has 0 aromatic rings. The molecule has 2 aliphatic heterocycles. The lowest BCUT2D eigenvalue weighted by molar-refractivity contribution is 0.177. The third kappa shape index (κ3) is 3.40. The summed E-state index contributed by atoms with van der Waals surface area (Å²) in [6.07, 6.45) is 9.30. The first-order valence-corrected chi connectivity index (χ1v) is 7.93. The summed E-state index contributed by atoms with van der Waals surface area (Å²) >= 11 is 0. The molecule has 2 fully saturated rings. The van der Waals surface area contributed by atoms with Gasteiger partial charge in [0, 0.05) is 32.4 Å². The first-order chi connectivity index (χ1) is 9.34. The van der Waals surface area contributed by atoms with E-state index in [1.54, 1.807) is 0 Å². The molecule has 108 valence electrons. The van der Waals surface area contributed by atoms with Gasteiger partial charge in [-0.3, -0.25) is 4.90 Å². The lowest BCUT2D eigenvalue weighted by atomic mass is 9.78. The summed E-state index contributed by atoms with van der Waals surface area (Å²) in [6.45, 7) is 10.8. The minimum Gasteiger partial charge on any atom is -0.372 e. The average molecular weight is 263 g/mol. The van der Waals surface area contributed by atoms with Crippen molar-refractivity contribution in [2.24, 2.45) is 5.92 Å². The summed E-state index contributed by atoms with van der Waals surface area (Å²) in [5.74, 6) is 0.835. The van der Waals surface area contributed by atoms with Gasteiger partial charge >= 0.3 is 0 Å². The van der Waals surface area contributed by atoms with Gasteiger partial charge in [0.1, 0.15) is 6.17 Å². The van der Waals surface area contributed by atoms with Crippen molar-refractivity contribution in [3.8, 4) is 0 Å². The van der Waals surface area contributed by atoms with Crippen molar-refractivity contribution in [3.05, 3.63) is 23.4 Å². The molecule has 3 aliphatic rings. The molecule has 0 aromatic carbocycles. The predicted molar refractivity (Wildman–Crippen MR) is 81.9 cm³/mol. The van der Waals surface area contributed by atoms with E-state index >= 15 is 0 Å². The fourth-order valence-electron chi connectivity index (χ4n) is 3.00. The fourth-order valence-corrected chi connectivity index (χ4v) is 3.00. The van der Waals surface area contributed by atoms with Gasteiger partial charge in [0.15, 0.2) is 0 Å². The zero-order valence-corrected chi connectivity index (χ0v) is 12.7. The molecule has 19 heavy (non-hydrogen) atoms. The van der Waals surface area contributed by atoms with Gasteiger partial charge in [-0.05, 0) is 36.8 Å². The van der Waals surface area contributed by atoms with E-state index in [4.69, 9.17) is 0 Å². The monoisotopic (exact) mass is 263 g/mol. The van der Waals surface area contributed by atoms with E-state index in [0.29, 0.717) is 6.17 Å². The fraction of sp³-hybridized carbons (Fsp3) is 0.750. The first kappa shape index (κ1) is 14.6. The maximum atomic E-state index is 3.61. The number of hydrogen-bond donors (Lipinski definition) is 2. The smallest absolute Gasteiger partial charge is 0.101 e. The van der Waals surface area contributed by atoms with Crippen LogP contribution in [-0.4, -0.2) is 37.2 Å². The summed E-state index contributed by atoms with van der Waals surface area (Å²) in [5.41, 5.74) is 3.01. The Bertz CT molecular complexity index is 336. The molecule has 2 N–H and O–H groups in total. The molecule has 0 amide bonds. The van der Waals surface area contributed by atoms with Crippen molar-refractivity contribution in [2.45, 2.75) is 46.2 Å². The summed E-state index contributed by atoms with van der Waals surface area (Å²) in [6, 6.07) is 0. The van der Waals surface area contributed by atoms with Crippen molar-refractivity contribution < 1.29 is 0 Å². The minimum atomic E-state index is 0.431. The van der Waals surface area contributed by atoms with E-state index in [1.807, 2.05) is 13.8 Å². The molecule has 1 aliphatic carbocycles. The lowest BCUT2D eigenvalue weighted by Gasteiger charge is -2.39. The van der Waals surface area contributed by atoms with Crippen LogP contribution in [0.2, 0.25) is 0 Å². The van der Waals surface area contributed by atoms with Gasteiger partial charge in [-0.2, -0.15) is 0 Å². The predicted octanol–water partition coefficient (Wildman–Crippen LogP) is 2.48. The molecule has 1 atom stereocenters. The van der Waals surface area contributed by atoms with Gasteiger partial charge in [0.2, 0.25) is 0 Å². The zero-order chi connectivity index (χ0) is 13.7. The van der Waals surface area contributed by atoms with Crippen molar-refractivity contribution in [2.75, 3.05) is 26.2 Å². The lowest BCUT2D eigenvalue weighted by Crippen LogP contribution is -2.53. The molecular formula is C16H29N3. The Morgan fingerprint density at radius 3 is 2.37 bits per heavy atom. The number of dihydropyridines is 1. The van der Waals surface area contributed by atoms with Crippen LogP contribution in [0.5, 0.6) is 0 Å². The summed E-state index contributed by atoms with van der Waals surface area (Å²) in [5, 5.41) is 7.02. The highest BCUT2D eigenvalue weighted by atomic mass is 15.3. The number of rotatable bonds is 2.